The summed E-state index contributed by atoms with van der Waals surface area (Å²) in [6, 6.07) is 4.52. The van der Waals surface area contributed by atoms with Crippen LogP contribution in [0.25, 0.3) is 23.2 Å². The Kier molecular flexibility index (Phi) is 9.98. The zero-order valence-electron chi connectivity index (χ0n) is 20.9. The molecule has 0 atom stereocenters. The Morgan fingerprint density at radius 2 is 1.54 bits per heavy atom. The fraction of sp³-hybridized carbons (Fsp3) is 0.462. The van der Waals surface area contributed by atoms with Crippen molar-refractivity contribution in [2.45, 2.75) is 57.6 Å². The van der Waals surface area contributed by atoms with Gasteiger partial charge >= 0.3 is 0 Å². The number of rotatable bonds is 6. The maximum atomic E-state index is 13.7. The molecule has 1 aromatic carbocycles. The lowest BCUT2D eigenvalue weighted by Crippen LogP contribution is -2.30. The third kappa shape index (κ3) is 6.83. The van der Waals surface area contributed by atoms with Gasteiger partial charge in [0.25, 0.3) is 0 Å². The van der Waals surface area contributed by atoms with Gasteiger partial charge in [-0.3, -0.25) is 0 Å². The van der Waals surface area contributed by atoms with E-state index in [1.807, 2.05) is 6.07 Å². The normalized spacial score (nSPS) is 19.6. The summed E-state index contributed by atoms with van der Waals surface area (Å²) in [6.45, 7) is 3.75. The molecule has 7 nitrogen and oxygen atoms in total. The Balaban J connectivity index is 0.00000190. The molecular formula is C26H32Cl2F2N6O. The van der Waals surface area contributed by atoms with Crippen molar-refractivity contribution in [2.24, 2.45) is 0 Å². The van der Waals surface area contributed by atoms with Crippen molar-refractivity contribution in [3.63, 3.8) is 0 Å². The summed E-state index contributed by atoms with van der Waals surface area (Å²) in [5.74, 6) is 0.402. The van der Waals surface area contributed by atoms with Crippen LogP contribution in [-0.2, 0) is 4.74 Å². The summed E-state index contributed by atoms with van der Waals surface area (Å²) in [5.41, 5.74) is 1.80. The number of ether oxygens (including phenoxy) is 1. The van der Waals surface area contributed by atoms with Gasteiger partial charge in [0.05, 0.1) is 28.5 Å². The van der Waals surface area contributed by atoms with Crippen molar-refractivity contribution in [1.29, 1.82) is 0 Å². The summed E-state index contributed by atoms with van der Waals surface area (Å²) in [5, 5.41) is 3.60. The van der Waals surface area contributed by atoms with Gasteiger partial charge < -0.3 is 15.0 Å². The fourth-order valence-electron chi connectivity index (χ4n) is 4.83. The minimum absolute atomic E-state index is 0. The van der Waals surface area contributed by atoms with E-state index in [2.05, 4.69) is 20.2 Å². The summed E-state index contributed by atoms with van der Waals surface area (Å²) < 4.78 is 32.8. The smallest absolute Gasteiger partial charge is 0.161 e. The van der Waals surface area contributed by atoms with Crippen LogP contribution in [-0.4, -0.2) is 52.3 Å². The molecule has 1 N–H and O–H groups in total. The Morgan fingerprint density at radius 3 is 2.19 bits per heavy atom. The highest BCUT2D eigenvalue weighted by atomic mass is 35.5. The molecule has 0 bridgehead atoms. The number of fused-ring (bicyclic) bond motifs is 1. The van der Waals surface area contributed by atoms with Crippen LogP contribution in [0.2, 0.25) is 0 Å². The lowest BCUT2D eigenvalue weighted by Gasteiger charge is -2.29. The number of nitrogens with one attached hydrogen (secondary N) is 1. The van der Waals surface area contributed by atoms with E-state index in [1.165, 1.54) is 0 Å². The van der Waals surface area contributed by atoms with Crippen LogP contribution >= 0.6 is 24.8 Å². The Labute approximate surface area is 228 Å². The number of aromatic nitrogens is 4. The number of aryl methyl sites for hydroxylation is 1. The molecule has 11 heteroatoms. The monoisotopic (exact) mass is 552 g/mol. The van der Waals surface area contributed by atoms with Crippen LogP contribution in [0.3, 0.4) is 0 Å². The van der Waals surface area contributed by atoms with E-state index in [4.69, 9.17) is 14.7 Å². The number of hydrogen-bond acceptors (Lipinski definition) is 7. The number of benzene rings is 1. The Bertz CT molecular complexity index is 1250. The largest absolute Gasteiger partial charge is 0.381 e. The zero-order valence-corrected chi connectivity index (χ0v) is 22.5. The molecular weight excluding hydrogens is 521 g/mol. The van der Waals surface area contributed by atoms with E-state index in [-0.39, 0.29) is 24.8 Å². The third-order valence-electron chi connectivity index (χ3n) is 6.83. The van der Waals surface area contributed by atoms with Gasteiger partial charge in [-0.15, -0.1) is 24.8 Å². The summed E-state index contributed by atoms with van der Waals surface area (Å²) >= 11 is 0. The van der Waals surface area contributed by atoms with E-state index in [0.717, 1.165) is 75.4 Å². The van der Waals surface area contributed by atoms with Crippen molar-refractivity contribution in [1.82, 2.24) is 19.9 Å². The van der Waals surface area contributed by atoms with Crippen LogP contribution < -0.4 is 10.2 Å². The van der Waals surface area contributed by atoms with Crippen LogP contribution in [0.4, 0.5) is 20.4 Å². The van der Waals surface area contributed by atoms with Gasteiger partial charge in [-0.25, -0.2) is 28.7 Å². The molecule has 1 saturated carbocycles. The van der Waals surface area contributed by atoms with Gasteiger partial charge in [0.15, 0.2) is 17.5 Å². The number of hydrogen-bond donors (Lipinski definition) is 1. The summed E-state index contributed by atoms with van der Waals surface area (Å²) in [6.07, 6.45) is 10.4. The van der Waals surface area contributed by atoms with E-state index in [9.17, 15) is 8.78 Å². The molecule has 37 heavy (non-hydrogen) atoms. The Hall–Kier alpha value is -2.62. The molecule has 5 rings (SSSR count). The second-order valence-electron chi connectivity index (χ2n) is 9.30. The SMILES string of the molecule is COC1CCC(Nc2cc(N3CCCC3)nc(C=Cc3nc4cc(F)c(F)cc4nc3C)n2)CC1.Cl.Cl. The lowest BCUT2D eigenvalue weighted by atomic mass is 9.93. The van der Waals surface area contributed by atoms with E-state index < -0.39 is 11.6 Å². The molecule has 2 fully saturated rings. The average Bonchev–Trinajstić information content (AvgIpc) is 3.40. The minimum atomic E-state index is -0.942. The molecule has 3 aromatic rings. The number of methoxy groups -OCH3 is 1. The predicted molar refractivity (Wildman–Crippen MR) is 148 cm³/mol. The zero-order chi connectivity index (χ0) is 24.4. The van der Waals surface area contributed by atoms with Gasteiger partial charge in [0, 0.05) is 44.4 Å². The van der Waals surface area contributed by atoms with Crippen molar-refractivity contribution in [2.75, 3.05) is 30.4 Å². The first kappa shape index (κ1) is 28.9. The van der Waals surface area contributed by atoms with Crippen molar-refractivity contribution in [3.05, 3.63) is 47.0 Å². The highest BCUT2D eigenvalue weighted by Gasteiger charge is 2.22. The molecule has 0 unspecified atom stereocenters. The van der Waals surface area contributed by atoms with Gasteiger partial charge in [-0.2, -0.15) is 0 Å². The maximum absolute atomic E-state index is 13.7. The van der Waals surface area contributed by atoms with Gasteiger partial charge in [-0.05, 0) is 57.6 Å². The summed E-state index contributed by atoms with van der Waals surface area (Å²) in [4.78, 5) is 20.7. The van der Waals surface area contributed by atoms with Gasteiger partial charge in [0.1, 0.15) is 11.6 Å². The molecule has 1 saturated heterocycles. The van der Waals surface area contributed by atoms with Crippen molar-refractivity contribution < 1.29 is 13.5 Å². The van der Waals surface area contributed by atoms with Crippen LogP contribution in [0.15, 0.2) is 18.2 Å². The highest BCUT2D eigenvalue weighted by molar-refractivity contribution is 5.85. The molecule has 0 spiro atoms. The van der Waals surface area contributed by atoms with Crippen LogP contribution in [0, 0.1) is 18.6 Å². The third-order valence-corrected chi connectivity index (χ3v) is 6.83. The number of nitrogens with zero attached hydrogens (tertiary/aromatic N) is 5. The lowest BCUT2D eigenvalue weighted by molar-refractivity contribution is 0.0681. The molecule has 200 valence electrons. The summed E-state index contributed by atoms with van der Waals surface area (Å²) in [7, 11) is 1.78. The molecule has 0 radical (unpaired) electrons. The molecule has 1 aliphatic heterocycles. The van der Waals surface area contributed by atoms with E-state index in [0.29, 0.717) is 40.4 Å². The Morgan fingerprint density at radius 1 is 0.892 bits per heavy atom. The standard InChI is InChI=1S/C26H30F2N6O.2ClH/c1-16-21(31-23-14-20(28)19(27)13-22(23)29-16)9-10-24-32-25(15-26(33-24)34-11-3-4-12-34)30-17-5-7-18(35-2)8-6-17;;/h9-10,13-15,17-18H,3-8,11-12H2,1-2H3,(H,30,32,33);2*1H. The second-order valence-corrected chi connectivity index (χ2v) is 9.30. The molecule has 2 aromatic heterocycles. The van der Waals surface area contributed by atoms with Gasteiger partial charge in [0.2, 0.25) is 0 Å². The second kappa shape index (κ2) is 12.8. The highest BCUT2D eigenvalue weighted by Crippen LogP contribution is 2.26. The van der Waals surface area contributed by atoms with Crippen LogP contribution in [0.1, 0.15) is 55.7 Å². The maximum Gasteiger partial charge on any atom is 0.161 e. The van der Waals surface area contributed by atoms with E-state index in [1.54, 1.807) is 26.2 Å². The van der Waals surface area contributed by atoms with Crippen LogP contribution in [0.5, 0.6) is 0 Å². The topological polar surface area (TPSA) is 76.1 Å². The molecule has 0 amide bonds. The molecule has 1 aliphatic carbocycles. The number of halogens is 4. The van der Waals surface area contributed by atoms with Gasteiger partial charge in [-0.1, -0.05) is 0 Å². The first-order valence-corrected chi connectivity index (χ1v) is 12.2. The van der Waals surface area contributed by atoms with Crippen molar-refractivity contribution >= 4 is 59.6 Å². The predicted octanol–water partition coefficient (Wildman–Crippen LogP) is 5.99. The molecule has 3 heterocycles. The molecule has 2 aliphatic rings. The first-order valence-electron chi connectivity index (χ1n) is 12.2. The first-order chi connectivity index (χ1) is 17.0. The quantitative estimate of drug-likeness (QED) is 0.402. The number of anilines is 2. The minimum Gasteiger partial charge on any atom is -0.381 e. The van der Waals surface area contributed by atoms with E-state index >= 15 is 0 Å². The average molecular weight is 553 g/mol. The fourth-order valence-corrected chi connectivity index (χ4v) is 4.83. The van der Waals surface area contributed by atoms with Crippen molar-refractivity contribution in [3.8, 4) is 0 Å².